The Morgan fingerprint density at radius 3 is 1.89 bits per heavy atom. The summed E-state index contributed by atoms with van der Waals surface area (Å²) in [6, 6.07) is 24.0. The highest BCUT2D eigenvalue weighted by molar-refractivity contribution is 5.75. The summed E-state index contributed by atoms with van der Waals surface area (Å²) in [5, 5.41) is 0. The molecule has 0 bridgehead atoms. The molecule has 0 radical (unpaired) electrons. The normalized spacial score (nSPS) is 15.0. The second-order valence-electron chi connectivity index (χ2n) is 10.8. The van der Waals surface area contributed by atoms with E-state index in [4.69, 9.17) is 20.6 Å². The van der Waals surface area contributed by atoms with Gasteiger partial charge in [-0.2, -0.15) is 0 Å². The highest BCUT2D eigenvalue weighted by Gasteiger charge is 2.30. The van der Waals surface area contributed by atoms with Crippen molar-refractivity contribution >= 4 is 0 Å². The molecule has 0 aromatic heterocycles. The van der Waals surface area contributed by atoms with Crippen LogP contribution in [0.5, 0.6) is 0 Å². The van der Waals surface area contributed by atoms with E-state index in [-0.39, 0.29) is 5.60 Å². The molecule has 3 heteroatoms. The largest absolute Gasteiger partial charge is 0.376 e. The average molecular weight is 497 g/mol. The van der Waals surface area contributed by atoms with Crippen LogP contribution in [0.3, 0.4) is 0 Å². The molecule has 0 aliphatic carbocycles. The van der Waals surface area contributed by atoms with Crippen LogP contribution < -0.4 is 0 Å². The second kappa shape index (κ2) is 12.1. The fraction of sp³-hybridized carbons (Fsp3) is 0.412. The van der Waals surface area contributed by atoms with Gasteiger partial charge in [-0.05, 0) is 98.0 Å². The van der Waals surface area contributed by atoms with Crippen molar-refractivity contribution in [2.45, 2.75) is 71.2 Å². The first kappa shape index (κ1) is 27.1. The van der Waals surface area contributed by atoms with Crippen LogP contribution >= 0.6 is 0 Å². The lowest BCUT2D eigenvalue weighted by molar-refractivity contribution is -0.146. The monoisotopic (exact) mass is 496 g/mol. The van der Waals surface area contributed by atoms with Gasteiger partial charge >= 0.3 is 0 Å². The van der Waals surface area contributed by atoms with E-state index in [9.17, 15) is 0 Å². The van der Waals surface area contributed by atoms with Gasteiger partial charge in [-0.3, -0.25) is 0 Å². The summed E-state index contributed by atoms with van der Waals surface area (Å²) in [6.07, 6.45) is 10.6. The highest BCUT2D eigenvalue weighted by Crippen LogP contribution is 2.30. The maximum absolute atomic E-state index is 5.99. The summed E-state index contributed by atoms with van der Waals surface area (Å²) in [4.78, 5) is 0. The van der Waals surface area contributed by atoms with Gasteiger partial charge in [-0.1, -0.05) is 61.4 Å². The molecular formula is C34H40O3. The molecule has 3 aromatic carbocycles. The number of hydrogen-bond donors (Lipinski definition) is 0. The van der Waals surface area contributed by atoms with E-state index < -0.39 is 5.79 Å². The Kier molecular flexibility index (Phi) is 8.87. The number of benzene rings is 3. The van der Waals surface area contributed by atoms with Crippen LogP contribution in [-0.4, -0.2) is 31.2 Å². The Labute approximate surface area is 223 Å². The number of hydrogen-bond acceptors (Lipinski definition) is 3. The molecule has 1 aliphatic heterocycles. The third-order valence-electron chi connectivity index (χ3n) is 7.15. The predicted molar refractivity (Wildman–Crippen MR) is 153 cm³/mol. The van der Waals surface area contributed by atoms with Crippen molar-refractivity contribution in [3.63, 3.8) is 0 Å². The van der Waals surface area contributed by atoms with Crippen molar-refractivity contribution in [1.29, 1.82) is 0 Å². The van der Waals surface area contributed by atoms with E-state index in [1.807, 2.05) is 6.92 Å². The fourth-order valence-electron chi connectivity index (χ4n) is 4.74. The maximum atomic E-state index is 5.99. The third-order valence-corrected chi connectivity index (χ3v) is 7.15. The molecular weight excluding hydrogens is 456 g/mol. The quantitative estimate of drug-likeness (QED) is 0.253. The molecule has 0 saturated carbocycles. The lowest BCUT2D eigenvalue weighted by Gasteiger charge is -2.25. The van der Waals surface area contributed by atoms with Crippen LogP contribution in [-0.2, 0) is 27.1 Å². The van der Waals surface area contributed by atoms with E-state index in [0.717, 1.165) is 61.0 Å². The fourth-order valence-corrected chi connectivity index (χ4v) is 4.74. The van der Waals surface area contributed by atoms with Crippen molar-refractivity contribution < 1.29 is 14.2 Å². The van der Waals surface area contributed by atoms with E-state index in [0.29, 0.717) is 13.2 Å². The minimum Gasteiger partial charge on any atom is -0.376 e. The van der Waals surface area contributed by atoms with Crippen LogP contribution in [0.4, 0.5) is 0 Å². The molecule has 1 fully saturated rings. The Hall–Kier alpha value is -2.90. The van der Waals surface area contributed by atoms with Gasteiger partial charge in [0, 0.05) is 18.6 Å². The third kappa shape index (κ3) is 7.55. The van der Waals surface area contributed by atoms with Gasteiger partial charge in [0.05, 0.1) is 18.8 Å². The molecule has 4 rings (SSSR count). The first-order chi connectivity index (χ1) is 17.8. The van der Waals surface area contributed by atoms with Crippen LogP contribution in [0.25, 0.3) is 22.3 Å². The molecule has 0 amide bonds. The number of rotatable bonds is 11. The van der Waals surface area contributed by atoms with Crippen molar-refractivity contribution in [3.8, 4) is 34.6 Å². The smallest absolute Gasteiger partial charge is 0.166 e. The van der Waals surface area contributed by atoms with E-state index >= 15 is 0 Å². The van der Waals surface area contributed by atoms with Crippen LogP contribution in [0, 0.1) is 12.3 Å². The minimum absolute atomic E-state index is 0.101. The summed E-state index contributed by atoms with van der Waals surface area (Å²) >= 11 is 0. The Morgan fingerprint density at radius 1 is 0.838 bits per heavy atom. The zero-order valence-corrected chi connectivity index (χ0v) is 22.8. The molecule has 0 N–H and O–H groups in total. The first-order valence-corrected chi connectivity index (χ1v) is 13.5. The van der Waals surface area contributed by atoms with Crippen molar-refractivity contribution in [1.82, 2.24) is 0 Å². The zero-order chi connectivity index (χ0) is 26.3. The van der Waals surface area contributed by atoms with Crippen molar-refractivity contribution in [3.05, 3.63) is 83.4 Å². The van der Waals surface area contributed by atoms with E-state index in [1.54, 1.807) is 0 Å². The van der Waals surface area contributed by atoms with Gasteiger partial charge in [0.15, 0.2) is 5.79 Å². The summed E-state index contributed by atoms with van der Waals surface area (Å²) in [6.45, 7) is 10.7. The number of ether oxygens (including phenoxy) is 3. The number of terminal acetylenes is 1. The lowest BCUT2D eigenvalue weighted by atomic mass is 9.93. The molecule has 0 unspecified atom stereocenters. The standard InChI is InChI=1S/C34H40O3/c1-6-20-35-33(3,4)18-16-27-8-12-29(13-9-27)31-23-26(7-2)24-32(25-31)30-14-10-28(11-15-30)17-19-34(5)36-21-22-37-34/h2,8-15,23-25H,6,16-22H2,1,3-5H3. The second-order valence-corrected chi connectivity index (χ2v) is 10.8. The Balaban J connectivity index is 1.45. The molecule has 0 atom stereocenters. The lowest BCUT2D eigenvalue weighted by Crippen LogP contribution is -2.26. The molecule has 1 heterocycles. The number of aryl methyl sites for hydroxylation is 2. The summed E-state index contributed by atoms with van der Waals surface area (Å²) in [7, 11) is 0. The van der Waals surface area contributed by atoms with Gasteiger partial charge in [-0.15, -0.1) is 6.42 Å². The van der Waals surface area contributed by atoms with Crippen molar-refractivity contribution in [2.75, 3.05) is 19.8 Å². The molecule has 37 heavy (non-hydrogen) atoms. The Bertz CT molecular complexity index is 1190. The van der Waals surface area contributed by atoms with Gasteiger partial charge < -0.3 is 14.2 Å². The maximum Gasteiger partial charge on any atom is 0.166 e. The van der Waals surface area contributed by atoms with E-state index in [1.165, 1.54) is 16.7 Å². The molecule has 194 valence electrons. The van der Waals surface area contributed by atoms with E-state index in [2.05, 4.69) is 93.4 Å². The van der Waals surface area contributed by atoms with Gasteiger partial charge in [0.25, 0.3) is 0 Å². The van der Waals surface area contributed by atoms with Crippen LogP contribution in [0.2, 0.25) is 0 Å². The molecule has 3 aromatic rings. The van der Waals surface area contributed by atoms with Gasteiger partial charge in [0.2, 0.25) is 0 Å². The van der Waals surface area contributed by atoms with Gasteiger partial charge in [-0.25, -0.2) is 0 Å². The summed E-state index contributed by atoms with van der Waals surface area (Å²) in [5.41, 5.74) is 7.98. The topological polar surface area (TPSA) is 27.7 Å². The minimum atomic E-state index is -0.455. The molecule has 1 aliphatic rings. The van der Waals surface area contributed by atoms with Crippen LogP contribution in [0.15, 0.2) is 66.7 Å². The highest BCUT2D eigenvalue weighted by atomic mass is 16.7. The van der Waals surface area contributed by atoms with Crippen molar-refractivity contribution in [2.24, 2.45) is 0 Å². The SMILES string of the molecule is C#Cc1cc(-c2ccc(CCC(C)(C)OCCC)cc2)cc(-c2ccc(CCC3(C)OCCO3)cc2)c1. The summed E-state index contributed by atoms with van der Waals surface area (Å²) in [5.74, 6) is 2.38. The first-order valence-electron chi connectivity index (χ1n) is 13.5. The Morgan fingerprint density at radius 2 is 1.38 bits per heavy atom. The van der Waals surface area contributed by atoms with Gasteiger partial charge in [0.1, 0.15) is 0 Å². The molecule has 0 spiro atoms. The molecule has 1 saturated heterocycles. The summed E-state index contributed by atoms with van der Waals surface area (Å²) < 4.78 is 17.5. The zero-order valence-electron chi connectivity index (χ0n) is 22.8. The average Bonchev–Trinajstić information content (AvgIpc) is 3.36. The predicted octanol–water partition coefficient (Wildman–Crippen LogP) is 7.84. The molecule has 3 nitrogen and oxygen atoms in total. The van der Waals surface area contributed by atoms with Crippen LogP contribution in [0.1, 0.15) is 63.6 Å².